The third kappa shape index (κ3) is 4.21. The molecule has 0 spiro atoms. The van der Waals surface area contributed by atoms with Crippen LogP contribution in [0.2, 0.25) is 0 Å². The van der Waals surface area contributed by atoms with Gasteiger partial charge in [-0.3, -0.25) is 9.59 Å². The van der Waals surface area contributed by atoms with Crippen LogP contribution in [0.25, 0.3) is 0 Å². The molecule has 0 atom stereocenters. The number of imide groups is 1. The zero-order chi connectivity index (χ0) is 11.0. The van der Waals surface area contributed by atoms with E-state index in [0.717, 1.165) is 0 Å². The van der Waals surface area contributed by atoms with Gasteiger partial charge in [0.05, 0.1) is 6.07 Å². The lowest BCUT2D eigenvalue weighted by atomic mass is 10.3. The summed E-state index contributed by atoms with van der Waals surface area (Å²) < 4.78 is 0. The van der Waals surface area contributed by atoms with E-state index in [2.05, 4.69) is 4.84 Å². The fourth-order valence-corrected chi connectivity index (χ4v) is 0.662. The molecule has 0 aromatic rings. The van der Waals surface area contributed by atoms with E-state index in [9.17, 15) is 14.4 Å². The first-order valence-electron chi connectivity index (χ1n) is 4.00. The maximum absolute atomic E-state index is 11.0. The summed E-state index contributed by atoms with van der Waals surface area (Å²) in [6.07, 6.45) is 0.258. The van der Waals surface area contributed by atoms with E-state index in [-0.39, 0.29) is 12.8 Å². The fourth-order valence-electron chi connectivity index (χ4n) is 0.662. The lowest BCUT2D eigenvalue weighted by Crippen LogP contribution is -2.31. The molecule has 0 aromatic carbocycles. The third-order valence-electron chi connectivity index (χ3n) is 1.23. The normalized spacial score (nSPS) is 8.57. The summed E-state index contributed by atoms with van der Waals surface area (Å²) in [5.74, 6) is -1.53. The quantitative estimate of drug-likeness (QED) is 0.473. The number of amides is 2. The first kappa shape index (κ1) is 12.1. The summed E-state index contributed by atoms with van der Waals surface area (Å²) in [5.41, 5.74) is 0. The molecular weight excluding hydrogens is 188 g/mol. The van der Waals surface area contributed by atoms with E-state index in [1.165, 1.54) is 6.07 Å². The lowest BCUT2D eigenvalue weighted by molar-refractivity contribution is -0.195. The van der Waals surface area contributed by atoms with Crippen molar-refractivity contribution in [3.05, 3.63) is 0 Å². The number of hydrogen-bond acceptors (Lipinski definition) is 5. The van der Waals surface area contributed by atoms with Crippen LogP contribution in [0.4, 0.5) is 0 Å². The van der Waals surface area contributed by atoms with Gasteiger partial charge in [-0.2, -0.15) is 5.26 Å². The van der Waals surface area contributed by atoms with Crippen LogP contribution in [0, 0.1) is 11.3 Å². The van der Waals surface area contributed by atoms with Gasteiger partial charge >= 0.3 is 5.97 Å². The first-order chi connectivity index (χ1) is 6.65. The Morgan fingerprint density at radius 3 is 2.64 bits per heavy atom. The van der Waals surface area contributed by atoms with Crippen molar-refractivity contribution in [1.82, 2.24) is 5.06 Å². The molecule has 0 aliphatic carbocycles. The molecule has 0 radical (unpaired) electrons. The maximum atomic E-state index is 11.0. The number of nitrogens with zero attached hydrogens (tertiary/aromatic N) is 2. The Bertz CT molecular complexity index is 269. The highest BCUT2D eigenvalue weighted by atomic mass is 16.7. The number of carbonyl (C=O) groups excluding carboxylic acids is 3. The van der Waals surface area contributed by atoms with Gasteiger partial charge in [0.2, 0.25) is 0 Å². The summed E-state index contributed by atoms with van der Waals surface area (Å²) in [4.78, 5) is 36.4. The smallest absolute Gasteiger partial charge is 0.329 e. The summed E-state index contributed by atoms with van der Waals surface area (Å²) in [5, 5.41) is 8.43. The summed E-state index contributed by atoms with van der Waals surface area (Å²) in [6.45, 7) is 1.75. The van der Waals surface area contributed by atoms with Crippen LogP contribution >= 0.6 is 0 Å². The van der Waals surface area contributed by atoms with Crippen molar-refractivity contribution < 1.29 is 19.2 Å². The standard InChI is InChI=1S/C8H10N2O4/c1-2-3-7(12)10(6-11)14-8(13)4-5-9/h6H,2-4H2,1H3. The van der Waals surface area contributed by atoms with Crippen molar-refractivity contribution in [2.24, 2.45) is 0 Å². The second-order valence-electron chi connectivity index (χ2n) is 2.37. The number of hydrogen-bond donors (Lipinski definition) is 0. The van der Waals surface area contributed by atoms with Crippen LogP contribution in [-0.4, -0.2) is 23.3 Å². The lowest BCUT2D eigenvalue weighted by Gasteiger charge is -2.12. The van der Waals surface area contributed by atoms with Gasteiger partial charge in [0.1, 0.15) is 6.42 Å². The minimum absolute atomic E-state index is 0.104. The Kier molecular flexibility index (Phi) is 5.70. The van der Waals surface area contributed by atoms with E-state index < -0.39 is 18.3 Å². The molecule has 0 heterocycles. The topological polar surface area (TPSA) is 87.5 Å². The van der Waals surface area contributed by atoms with Crippen molar-refractivity contribution in [1.29, 1.82) is 5.26 Å². The molecule has 14 heavy (non-hydrogen) atoms. The number of rotatable bonds is 4. The fraction of sp³-hybridized carbons (Fsp3) is 0.500. The molecule has 0 bridgehead atoms. The van der Waals surface area contributed by atoms with Crippen LogP contribution in [0.15, 0.2) is 0 Å². The average molecular weight is 198 g/mol. The molecule has 0 N–H and O–H groups in total. The highest BCUT2D eigenvalue weighted by Crippen LogP contribution is 1.97. The molecule has 0 unspecified atom stereocenters. The van der Waals surface area contributed by atoms with Gasteiger partial charge in [-0.1, -0.05) is 6.92 Å². The van der Waals surface area contributed by atoms with Crippen molar-refractivity contribution >= 4 is 18.3 Å². The van der Waals surface area contributed by atoms with E-state index in [1.807, 2.05) is 0 Å². The molecule has 6 heteroatoms. The zero-order valence-corrected chi connectivity index (χ0v) is 7.73. The van der Waals surface area contributed by atoms with Crippen LogP contribution in [0.1, 0.15) is 26.2 Å². The summed E-state index contributed by atoms with van der Waals surface area (Å²) in [7, 11) is 0. The van der Waals surface area contributed by atoms with Gasteiger partial charge in [0.25, 0.3) is 12.3 Å². The van der Waals surface area contributed by atoms with E-state index >= 15 is 0 Å². The molecule has 0 fully saturated rings. The van der Waals surface area contributed by atoms with Crippen LogP contribution in [0.3, 0.4) is 0 Å². The molecule has 0 saturated heterocycles. The van der Waals surface area contributed by atoms with Gasteiger partial charge in [-0.15, -0.1) is 5.06 Å². The van der Waals surface area contributed by atoms with Crippen LogP contribution < -0.4 is 0 Å². The first-order valence-corrected chi connectivity index (χ1v) is 4.00. The van der Waals surface area contributed by atoms with Gasteiger partial charge in [0.15, 0.2) is 0 Å². The Morgan fingerprint density at radius 1 is 1.57 bits per heavy atom. The number of carbonyl (C=O) groups is 3. The molecular formula is C8H10N2O4. The highest BCUT2D eigenvalue weighted by Gasteiger charge is 2.16. The van der Waals surface area contributed by atoms with Gasteiger partial charge in [-0.25, -0.2) is 4.79 Å². The maximum Gasteiger partial charge on any atom is 0.347 e. The van der Waals surface area contributed by atoms with E-state index in [0.29, 0.717) is 11.5 Å². The van der Waals surface area contributed by atoms with Gasteiger partial charge in [0, 0.05) is 6.42 Å². The van der Waals surface area contributed by atoms with Crippen molar-refractivity contribution in [3.63, 3.8) is 0 Å². The van der Waals surface area contributed by atoms with Crippen LogP contribution in [-0.2, 0) is 19.2 Å². The largest absolute Gasteiger partial charge is 0.347 e. The second-order valence-corrected chi connectivity index (χ2v) is 2.37. The second kappa shape index (κ2) is 6.60. The predicted molar refractivity (Wildman–Crippen MR) is 44.1 cm³/mol. The Labute approximate surface area is 81.0 Å². The van der Waals surface area contributed by atoms with E-state index in [1.54, 1.807) is 6.92 Å². The van der Waals surface area contributed by atoms with Crippen molar-refractivity contribution in [2.45, 2.75) is 26.2 Å². The molecule has 0 aromatic heterocycles. The number of nitriles is 1. The van der Waals surface area contributed by atoms with E-state index in [4.69, 9.17) is 5.26 Å². The minimum Gasteiger partial charge on any atom is -0.329 e. The molecule has 0 aliphatic heterocycles. The third-order valence-corrected chi connectivity index (χ3v) is 1.23. The molecule has 76 valence electrons. The van der Waals surface area contributed by atoms with Crippen molar-refractivity contribution in [3.8, 4) is 6.07 Å². The summed E-state index contributed by atoms with van der Waals surface area (Å²) >= 11 is 0. The minimum atomic E-state index is -0.927. The highest BCUT2D eigenvalue weighted by molar-refractivity contribution is 5.86. The molecule has 0 rings (SSSR count). The number of hydroxylamine groups is 2. The summed E-state index contributed by atoms with van der Waals surface area (Å²) in [6, 6.07) is 1.54. The van der Waals surface area contributed by atoms with Gasteiger partial charge < -0.3 is 4.84 Å². The Morgan fingerprint density at radius 2 is 2.21 bits per heavy atom. The molecule has 0 saturated carbocycles. The predicted octanol–water partition coefficient (Wildman–Crippen LogP) is 0.143. The SMILES string of the molecule is CCCC(=O)N(C=O)OC(=O)CC#N. The van der Waals surface area contributed by atoms with Gasteiger partial charge in [-0.05, 0) is 6.42 Å². The average Bonchev–Trinajstić information content (AvgIpc) is 2.15. The molecule has 6 nitrogen and oxygen atoms in total. The van der Waals surface area contributed by atoms with Crippen LogP contribution in [0.5, 0.6) is 0 Å². The zero-order valence-electron chi connectivity index (χ0n) is 7.73. The van der Waals surface area contributed by atoms with Crippen molar-refractivity contribution in [2.75, 3.05) is 0 Å². The molecule has 0 aliphatic rings. The monoisotopic (exact) mass is 198 g/mol. The Hall–Kier alpha value is -1.90. The molecule has 2 amide bonds. The Balaban J connectivity index is 4.16.